The first-order chi connectivity index (χ1) is 11.7. The summed E-state index contributed by atoms with van der Waals surface area (Å²) in [6.45, 7) is 3.36. The van der Waals surface area contributed by atoms with Crippen molar-refractivity contribution in [1.82, 2.24) is 5.32 Å². The van der Waals surface area contributed by atoms with Gasteiger partial charge in [0.15, 0.2) is 0 Å². The van der Waals surface area contributed by atoms with Crippen molar-refractivity contribution in [2.45, 2.75) is 6.92 Å². The number of benzene rings is 2. The minimum atomic E-state index is -0.212. The summed E-state index contributed by atoms with van der Waals surface area (Å²) in [6, 6.07) is 12.8. The first kappa shape index (κ1) is 17.6. The summed E-state index contributed by atoms with van der Waals surface area (Å²) in [4.78, 5) is 12.4. The van der Waals surface area contributed by atoms with Gasteiger partial charge in [0.25, 0.3) is 5.91 Å². The number of hydrogen-bond acceptors (Lipinski definition) is 5. The summed E-state index contributed by atoms with van der Waals surface area (Å²) in [7, 11) is 1.59. The highest BCUT2D eigenvalue weighted by molar-refractivity contribution is 6.01. The molecule has 0 fully saturated rings. The number of amides is 1. The van der Waals surface area contributed by atoms with Gasteiger partial charge in [-0.25, -0.2) is 0 Å². The molecular weight excluding hydrogens is 306 g/mol. The highest BCUT2D eigenvalue weighted by Gasteiger charge is 2.13. The van der Waals surface area contributed by atoms with Gasteiger partial charge in [-0.3, -0.25) is 4.79 Å². The van der Waals surface area contributed by atoms with Crippen LogP contribution in [0.3, 0.4) is 0 Å². The van der Waals surface area contributed by atoms with E-state index in [-0.39, 0.29) is 5.91 Å². The lowest BCUT2D eigenvalue weighted by atomic mass is 10.1. The predicted molar refractivity (Wildman–Crippen MR) is 96.0 cm³/mol. The van der Waals surface area contributed by atoms with Crippen LogP contribution < -0.4 is 21.1 Å². The summed E-state index contributed by atoms with van der Waals surface area (Å²) in [5, 5.41) is 6.05. The number of carbonyl (C=O) groups excluding carboxylic acids is 1. The number of ether oxygens (including phenoxy) is 2. The molecule has 1 amide bonds. The maximum absolute atomic E-state index is 12.4. The van der Waals surface area contributed by atoms with Crippen molar-refractivity contribution in [3.8, 4) is 5.75 Å². The van der Waals surface area contributed by atoms with Crippen molar-refractivity contribution in [1.29, 1.82) is 0 Å². The number of carbonyl (C=O) groups is 1. The molecule has 0 radical (unpaired) electrons. The van der Waals surface area contributed by atoms with Gasteiger partial charge >= 0.3 is 0 Å². The molecule has 128 valence electrons. The van der Waals surface area contributed by atoms with E-state index in [0.29, 0.717) is 36.7 Å². The molecule has 0 bridgehead atoms. The van der Waals surface area contributed by atoms with E-state index in [9.17, 15) is 4.79 Å². The van der Waals surface area contributed by atoms with Crippen LogP contribution in [0.25, 0.3) is 0 Å². The van der Waals surface area contributed by atoms with Crippen LogP contribution in [0.15, 0.2) is 42.5 Å². The molecular formula is C18H23N3O3. The third kappa shape index (κ3) is 4.63. The highest BCUT2D eigenvalue weighted by atomic mass is 16.5. The molecule has 4 N–H and O–H groups in total. The average molecular weight is 329 g/mol. The van der Waals surface area contributed by atoms with Crippen molar-refractivity contribution < 1.29 is 14.3 Å². The van der Waals surface area contributed by atoms with Crippen molar-refractivity contribution in [2.24, 2.45) is 0 Å². The second kappa shape index (κ2) is 8.79. The van der Waals surface area contributed by atoms with E-state index < -0.39 is 0 Å². The Morgan fingerprint density at radius 1 is 1.17 bits per heavy atom. The molecule has 0 aliphatic rings. The van der Waals surface area contributed by atoms with Gasteiger partial charge in [-0.15, -0.1) is 0 Å². The molecule has 0 saturated carbocycles. The molecule has 2 aromatic rings. The molecule has 0 atom stereocenters. The third-order valence-electron chi connectivity index (χ3n) is 3.34. The minimum Gasteiger partial charge on any atom is -0.492 e. The Morgan fingerprint density at radius 3 is 2.71 bits per heavy atom. The zero-order valence-corrected chi connectivity index (χ0v) is 14.0. The van der Waals surface area contributed by atoms with E-state index in [1.54, 1.807) is 25.3 Å². The normalized spacial score (nSPS) is 10.2. The van der Waals surface area contributed by atoms with E-state index >= 15 is 0 Å². The lowest BCUT2D eigenvalue weighted by Gasteiger charge is -2.15. The first-order valence-corrected chi connectivity index (χ1v) is 7.81. The Labute approximate surface area is 142 Å². The number of nitrogens with one attached hydrogen (secondary N) is 2. The van der Waals surface area contributed by atoms with E-state index in [1.807, 2.05) is 31.2 Å². The number of anilines is 3. The highest BCUT2D eigenvalue weighted by Crippen LogP contribution is 2.29. The van der Waals surface area contributed by atoms with Crippen LogP contribution >= 0.6 is 0 Å². The standard InChI is InChI=1S/C18H23N3O3/c1-3-24-17-7-5-4-6-16(17)21-15-9-8-13(19)12-14(15)18(22)20-10-11-23-2/h4-9,12,21H,3,10-11,19H2,1-2H3,(H,20,22). The van der Waals surface area contributed by atoms with Gasteiger partial charge in [-0.2, -0.15) is 0 Å². The molecule has 6 nitrogen and oxygen atoms in total. The topological polar surface area (TPSA) is 85.6 Å². The zero-order valence-electron chi connectivity index (χ0n) is 14.0. The monoisotopic (exact) mass is 329 g/mol. The largest absolute Gasteiger partial charge is 0.492 e. The SMILES string of the molecule is CCOc1ccccc1Nc1ccc(N)cc1C(=O)NCCOC. The number of methoxy groups -OCH3 is 1. The minimum absolute atomic E-state index is 0.212. The smallest absolute Gasteiger partial charge is 0.253 e. The Bertz CT molecular complexity index is 689. The number of rotatable bonds is 8. The molecule has 0 aromatic heterocycles. The quantitative estimate of drug-likeness (QED) is 0.512. The summed E-state index contributed by atoms with van der Waals surface area (Å²) in [5.74, 6) is 0.512. The van der Waals surface area contributed by atoms with Crippen LogP contribution in [0.4, 0.5) is 17.1 Å². The maximum Gasteiger partial charge on any atom is 0.253 e. The number of nitrogens with two attached hydrogens (primary N) is 1. The van der Waals surface area contributed by atoms with E-state index in [0.717, 1.165) is 11.4 Å². The van der Waals surface area contributed by atoms with Gasteiger partial charge in [0.1, 0.15) is 5.75 Å². The Kier molecular flexibility index (Phi) is 6.45. The molecule has 0 heterocycles. The molecule has 0 aliphatic carbocycles. The van der Waals surface area contributed by atoms with Crippen molar-refractivity contribution in [3.05, 3.63) is 48.0 Å². The first-order valence-electron chi connectivity index (χ1n) is 7.81. The van der Waals surface area contributed by atoms with Gasteiger partial charge in [0.05, 0.1) is 30.2 Å². The van der Waals surface area contributed by atoms with Crippen LogP contribution in [0.1, 0.15) is 17.3 Å². The second-order valence-corrected chi connectivity index (χ2v) is 5.11. The van der Waals surface area contributed by atoms with Crippen molar-refractivity contribution >= 4 is 23.0 Å². The molecule has 2 rings (SSSR count). The maximum atomic E-state index is 12.4. The van der Waals surface area contributed by atoms with E-state index in [4.69, 9.17) is 15.2 Å². The Balaban J connectivity index is 2.26. The molecule has 0 aliphatic heterocycles. The Morgan fingerprint density at radius 2 is 1.96 bits per heavy atom. The summed E-state index contributed by atoms with van der Waals surface area (Å²) in [6.07, 6.45) is 0. The van der Waals surface area contributed by atoms with Gasteiger partial charge in [0, 0.05) is 19.3 Å². The predicted octanol–water partition coefficient (Wildman–Crippen LogP) is 2.79. The number of hydrogen-bond donors (Lipinski definition) is 3. The third-order valence-corrected chi connectivity index (χ3v) is 3.34. The van der Waals surface area contributed by atoms with Crippen LogP contribution in [0, 0.1) is 0 Å². The summed E-state index contributed by atoms with van der Waals surface area (Å²) >= 11 is 0. The van der Waals surface area contributed by atoms with Crippen LogP contribution in [-0.4, -0.2) is 32.8 Å². The fraction of sp³-hybridized carbons (Fsp3) is 0.278. The zero-order chi connectivity index (χ0) is 17.4. The van der Waals surface area contributed by atoms with Gasteiger partial charge in [0.2, 0.25) is 0 Å². The summed E-state index contributed by atoms with van der Waals surface area (Å²) in [5.41, 5.74) is 8.27. The van der Waals surface area contributed by atoms with Crippen LogP contribution in [-0.2, 0) is 4.74 Å². The van der Waals surface area contributed by atoms with Gasteiger partial charge < -0.3 is 25.8 Å². The second-order valence-electron chi connectivity index (χ2n) is 5.11. The molecule has 2 aromatic carbocycles. The van der Waals surface area contributed by atoms with Gasteiger partial charge in [-0.05, 0) is 37.3 Å². The lowest BCUT2D eigenvalue weighted by Crippen LogP contribution is -2.27. The molecule has 24 heavy (non-hydrogen) atoms. The van der Waals surface area contributed by atoms with Crippen LogP contribution in [0.5, 0.6) is 5.75 Å². The fourth-order valence-corrected chi connectivity index (χ4v) is 2.22. The molecule has 0 spiro atoms. The van der Waals surface area contributed by atoms with E-state index in [2.05, 4.69) is 10.6 Å². The Hall–Kier alpha value is -2.73. The van der Waals surface area contributed by atoms with E-state index in [1.165, 1.54) is 0 Å². The summed E-state index contributed by atoms with van der Waals surface area (Å²) < 4.78 is 10.6. The number of para-hydroxylation sites is 2. The van der Waals surface area contributed by atoms with Crippen molar-refractivity contribution in [2.75, 3.05) is 37.9 Å². The number of nitrogen functional groups attached to an aromatic ring is 1. The van der Waals surface area contributed by atoms with Gasteiger partial charge in [-0.1, -0.05) is 12.1 Å². The lowest BCUT2D eigenvalue weighted by molar-refractivity contribution is 0.0938. The molecule has 0 saturated heterocycles. The fourth-order valence-electron chi connectivity index (χ4n) is 2.22. The van der Waals surface area contributed by atoms with Crippen LogP contribution in [0.2, 0.25) is 0 Å². The average Bonchev–Trinajstić information content (AvgIpc) is 2.58. The molecule has 6 heteroatoms. The van der Waals surface area contributed by atoms with Crippen molar-refractivity contribution in [3.63, 3.8) is 0 Å². The molecule has 0 unspecified atom stereocenters.